The molecule has 144 valence electrons. The number of H-pyrrole nitrogens is 1. The highest BCUT2D eigenvalue weighted by Crippen LogP contribution is 2.30. The van der Waals surface area contributed by atoms with E-state index in [9.17, 15) is 9.59 Å². The number of ether oxygens (including phenoxy) is 1. The Morgan fingerprint density at radius 2 is 1.86 bits per heavy atom. The number of methoxy groups -OCH3 is 1. The normalized spacial score (nSPS) is 10.7. The maximum absolute atomic E-state index is 13.3. The van der Waals surface area contributed by atoms with E-state index in [4.69, 9.17) is 4.74 Å². The van der Waals surface area contributed by atoms with Crippen molar-refractivity contribution in [2.75, 3.05) is 12.0 Å². The van der Waals surface area contributed by atoms with Gasteiger partial charge in [-0.15, -0.1) is 0 Å². The molecule has 0 aliphatic carbocycles. The molecule has 4 rings (SSSR count). The van der Waals surface area contributed by atoms with Crippen molar-refractivity contribution >= 4 is 22.5 Å². The molecule has 0 spiro atoms. The van der Waals surface area contributed by atoms with Crippen molar-refractivity contribution in [1.29, 1.82) is 0 Å². The number of aromatic amines is 1. The van der Waals surface area contributed by atoms with Crippen LogP contribution >= 0.6 is 0 Å². The number of amides is 1. The van der Waals surface area contributed by atoms with E-state index in [0.717, 1.165) is 10.9 Å². The van der Waals surface area contributed by atoms with Crippen molar-refractivity contribution in [2.24, 2.45) is 0 Å². The van der Waals surface area contributed by atoms with Crippen molar-refractivity contribution < 1.29 is 9.53 Å². The first-order valence-corrected chi connectivity index (χ1v) is 9.13. The fourth-order valence-corrected chi connectivity index (χ4v) is 3.24. The molecule has 29 heavy (non-hydrogen) atoms. The van der Waals surface area contributed by atoms with E-state index in [1.165, 1.54) is 11.1 Å². The summed E-state index contributed by atoms with van der Waals surface area (Å²) in [7, 11) is 1.55. The number of para-hydroxylation sites is 3. The lowest BCUT2D eigenvalue weighted by atomic mass is 10.1. The van der Waals surface area contributed by atoms with Crippen LogP contribution in [0.4, 0.5) is 5.69 Å². The Labute approximate surface area is 167 Å². The van der Waals surface area contributed by atoms with Crippen molar-refractivity contribution in [3.05, 3.63) is 101 Å². The zero-order valence-electron chi connectivity index (χ0n) is 15.8. The molecule has 0 saturated carbocycles. The van der Waals surface area contributed by atoms with Crippen molar-refractivity contribution in [1.82, 2.24) is 9.97 Å². The van der Waals surface area contributed by atoms with Crippen LogP contribution in [-0.2, 0) is 6.54 Å². The number of nitrogens with zero attached hydrogens (tertiary/aromatic N) is 2. The van der Waals surface area contributed by atoms with Crippen LogP contribution in [0.25, 0.3) is 10.9 Å². The second kappa shape index (κ2) is 7.98. The van der Waals surface area contributed by atoms with Gasteiger partial charge in [0.05, 0.1) is 24.9 Å². The van der Waals surface area contributed by atoms with Gasteiger partial charge < -0.3 is 14.6 Å². The van der Waals surface area contributed by atoms with Crippen LogP contribution in [0.2, 0.25) is 0 Å². The van der Waals surface area contributed by atoms with Gasteiger partial charge in [-0.3, -0.25) is 14.6 Å². The molecular weight excluding hydrogens is 366 g/mol. The van der Waals surface area contributed by atoms with Gasteiger partial charge in [-0.2, -0.15) is 0 Å². The standard InChI is InChI=1S/C23H19N3O3/c1-29-21-11-5-4-10-20(21)26(23(28)17-8-6-12-24-14-17)15-18-13-16-7-2-3-9-19(16)25-22(18)27/h2-14H,15H2,1H3,(H,25,27). The Hall–Kier alpha value is -3.93. The first kappa shape index (κ1) is 18.4. The third kappa shape index (κ3) is 3.73. The first-order valence-electron chi connectivity index (χ1n) is 9.13. The fraction of sp³-hybridized carbons (Fsp3) is 0.0870. The van der Waals surface area contributed by atoms with E-state index in [1.54, 1.807) is 37.6 Å². The molecule has 0 saturated heterocycles. The average molecular weight is 385 g/mol. The van der Waals surface area contributed by atoms with Crippen LogP contribution in [0.15, 0.2) is 83.9 Å². The quantitative estimate of drug-likeness (QED) is 0.567. The van der Waals surface area contributed by atoms with Crippen LogP contribution in [0.3, 0.4) is 0 Å². The second-order valence-electron chi connectivity index (χ2n) is 6.52. The zero-order valence-corrected chi connectivity index (χ0v) is 15.8. The van der Waals surface area contributed by atoms with Gasteiger partial charge in [-0.05, 0) is 41.8 Å². The Morgan fingerprint density at radius 3 is 2.66 bits per heavy atom. The molecule has 0 aliphatic heterocycles. The maximum Gasteiger partial charge on any atom is 0.260 e. The molecule has 0 bridgehead atoms. The molecule has 2 heterocycles. The predicted molar refractivity (Wildman–Crippen MR) is 112 cm³/mol. The van der Waals surface area contributed by atoms with E-state index >= 15 is 0 Å². The van der Waals surface area contributed by atoms with E-state index in [1.807, 2.05) is 42.5 Å². The largest absolute Gasteiger partial charge is 0.495 e. The fourth-order valence-electron chi connectivity index (χ4n) is 3.24. The number of fused-ring (bicyclic) bond motifs is 1. The predicted octanol–water partition coefficient (Wildman–Crippen LogP) is 3.78. The van der Waals surface area contributed by atoms with Crippen molar-refractivity contribution in [2.45, 2.75) is 6.54 Å². The molecule has 6 nitrogen and oxygen atoms in total. The number of benzene rings is 2. The molecule has 4 aromatic rings. The zero-order chi connectivity index (χ0) is 20.2. The Balaban J connectivity index is 1.82. The molecule has 0 unspecified atom stereocenters. The highest BCUT2D eigenvalue weighted by atomic mass is 16.5. The Bertz CT molecular complexity index is 1220. The van der Waals surface area contributed by atoms with Gasteiger partial charge in [-0.25, -0.2) is 0 Å². The summed E-state index contributed by atoms with van der Waals surface area (Å²) in [5.74, 6) is 0.275. The van der Waals surface area contributed by atoms with Gasteiger partial charge in [-0.1, -0.05) is 30.3 Å². The molecule has 0 fully saturated rings. The summed E-state index contributed by atoms with van der Waals surface area (Å²) in [5.41, 5.74) is 2.00. The minimum Gasteiger partial charge on any atom is -0.495 e. The average Bonchev–Trinajstić information content (AvgIpc) is 2.77. The van der Waals surface area contributed by atoms with Crippen molar-refractivity contribution in [3.63, 3.8) is 0 Å². The van der Waals surface area contributed by atoms with Gasteiger partial charge in [0.25, 0.3) is 11.5 Å². The maximum atomic E-state index is 13.3. The van der Waals surface area contributed by atoms with E-state index in [-0.39, 0.29) is 18.0 Å². The van der Waals surface area contributed by atoms with Crippen LogP contribution in [0.1, 0.15) is 15.9 Å². The molecule has 6 heteroatoms. The number of aromatic nitrogens is 2. The number of carbonyl (C=O) groups excluding carboxylic acids is 1. The van der Waals surface area contributed by atoms with E-state index < -0.39 is 0 Å². The molecular formula is C23H19N3O3. The van der Waals surface area contributed by atoms with Gasteiger partial charge in [0.1, 0.15) is 5.75 Å². The number of pyridine rings is 2. The lowest BCUT2D eigenvalue weighted by Crippen LogP contribution is -2.33. The number of anilines is 1. The molecule has 2 aromatic heterocycles. The number of hydrogen-bond donors (Lipinski definition) is 1. The SMILES string of the molecule is COc1ccccc1N(Cc1cc2ccccc2[nH]c1=O)C(=O)c1cccnc1. The Kier molecular flexibility index (Phi) is 5.07. The van der Waals surface area contributed by atoms with Gasteiger partial charge >= 0.3 is 0 Å². The van der Waals surface area contributed by atoms with E-state index in [2.05, 4.69) is 9.97 Å². The highest BCUT2D eigenvalue weighted by molar-refractivity contribution is 6.06. The summed E-state index contributed by atoms with van der Waals surface area (Å²) in [6, 6.07) is 20.0. The molecule has 1 N–H and O–H groups in total. The first-order chi connectivity index (χ1) is 14.2. The molecule has 2 aromatic carbocycles. The molecule has 1 amide bonds. The summed E-state index contributed by atoms with van der Waals surface area (Å²) >= 11 is 0. The highest BCUT2D eigenvalue weighted by Gasteiger charge is 2.22. The van der Waals surface area contributed by atoms with E-state index in [0.29, 0.717) is 22.6 Å². The topological polar surface area (TPSA) is 75.3 Å². The van der Waals surface area contributed by atoms with Gasteiger partial charge in [0.15, 0.2) is 0 Å². The van der Waals surface area contributed by atoms with Crippen LogP contribution < -0.4 is 15.2 Å². The second-order valence-corrected chi connectivity index (χ2v) is 6.52. The smallest absolute Gasteiger partial charge is 0.260 e. The summed E-state index contributed by atoms with van der Waals surface area (Å²) in [4.78, 5) is 34.5. The van der Waals surface area contributed by atoms with Crippen molar-refractivity contribution in [3.8, 4) is 5.75 Å². The van der Waals surface area contributed by atoms with Crippen LogP contribution in [-0.4, -0.2) is 23.0 Å². The summed E-state index contributed by atoms with van der Waals surface area (Å²) in [6.45, 7) is 0.0915. The molecule has 0 atom stereocenters. The minimum atomic E-state index is -0.268. The third-order valence-electron chi connectivity index (χ3n) is 4.69. The summed E-state index contributed by atoms with van der Waals surface area (Å²) in [6.07, 6.45) is 3.12. The summed E-state index contributed by atoms with van der Waals surface area (Å²) < 4.78 is 5.46. The number of carbonyl (C=O) groups is 1. The number of hydrogen-bond acceptors (Lipinski definition) is 4. The molecule has 0 radical (unpaired) electrons. The van der Waals surface area contributed by atoms with Gasteiger partial charge in [0.2, 0.25) is 0 Å². The lowest BCUT2D eigenvalue weighted by Gasteiger charge is -2.24. The minimum absolute atomic E-state index is 0.0915. The van der Waals surface area contributed by atoms with Crippen LogP contribution in [0, 0.1) is 0 Å². The monoisotopic (exact) mass is 385 g/mol. The number of rotatable bonds is 5. The summed E-state index contributed by atoms with van der Waals surface area (Å²) in [5, 5.41) is 0.899. The molecule has 0 aliphatic rings. The Morgan fingerprint density at radius 1 is 1.07 bits per heavy atom. The van der Waals surface area contributed by atoms with Crippen LogP contribution in [0.5, 0.6) is 5.75 Å². The van der Waals surface area contributed by atoms with Gasteiger partial charge in [0, 0.05) is 23.5 Å². The number of nitrogens with one attached hydrogen (secondary N) is 1. The lowest BCUT2D eigenvalue weighted by molar-refractivity contribution is 0.0984. The third-order valence-corrected chi connectivity index (χ3v) is 4.69.